The quantitative estimate of drug-likeness (QED) is 0.839. The lowest BCUT2D eigenvalue weighted by atomic mass is 10.2. The van der Waals surface area contributed by atoms with Crippen molar-refractivity contribution in [2.75, 3.05) is 12.3 Å². The van der Waals surface area contributed by atoms with Gasteiger partial charge in [0.2, 0.25) is 0 Å². The van der Waals surface area contributed by atoms with E-state index in [-0.39, 0.29) is 11.8 Å². The van der Waals surface area contributed by atoms with Crippen LogP contribution in [0, 0.1) is 0 Å². The highest BCUT2D eigenvalue weighted by molar-refractivity contribution is 7.91. The maximum absolute atomic E-state index is 12.2. The zero-order valence-corrected chi connectivity index (χ0v) is 12.4. The van der Waals surface area contributed by atoms with Gasteiger partial charge in [0.25, 0.3) is 0 Å². The molecule has 0 radical (unpaired) electrons. The zero-order chi connectivity index (χ0) is 13.6. The van der Waals surface area contributed by atoms with Crippen molar-refractivity contribution in [3.05, 3.63) is 29.3 Å². The molecule has 0 spiro atoms. The molecular weight excluding hydrogens is 270 g/mol. The Hall–Kier alpha value is -0.580. The molecule has 1 aromatic rings. The summed E-state index contributed by atoms with van der Waals surface area (Å²) in [5.74, 6) is 0.115. The minimum Gasteiger partial charge on any atom is -0.313 e. The smallest absolute Gasteiger partial charge is 0.179 e. The molecule has 102 valence electrons. The summed E-state index contributed by atoms with van der Waals surface area (Å²) < 4.78 is 24.4. The second kappa shape index (κ2) is 7.12. The average molecular weight is 290 g/mol. The number of hydrogen-bond donors (Lipinski definition) is 1. The van der Waals surface area contributed by atoms with Crippen LogP contribution >= 0.6 is 11.6 Å². The maximum Gasteiger partial charge on any atom is 0.179 e. The van der Waals surface area contributed by atoms with Crippen LogP contribution in [0.1, 0.15) is 26.7 Å². The maximum atomic E-state index is 12.2. The molecule has 1 N–H and O–H groups in total. The molecule has 0 bridgehead atoms. The van der Waals surface area contributed by atoms with E-state index in [1.807, 2.05) is 6.92 Å². The van der Waals surface area contributed by atoms with E-state index in [0.29, 0.717) is 9.92 Å². The summed E-state index contributed by atoms with van der Waals surface area (Å²) in [4.78, 5) is 0.298. The van der Waals surface area contributed by atoms with Gasteiger partial charge in [-0.25, -0.2) is 8.42 Å². The summed E-state index contributed by atoms with van der Waals surface area (Å²) in [5, 5.41) is 3.70. The highest BCUT2D eigenvalue weighted by atomic mass is 35.5. The first-order valence-electron chi connectivity index (χ1n) is 6.21. The standard InChI is InChI=1S/C13H20ClNO2S/c1-3-8-15-12(4-2)10-18(16,17)13-7-5-6-11(14)9-13/h5-7,9,12,15H,3-4,8,10H2,1-2H3. The molecule has 0 heterocycles. The minimum absolute atomic E-state index is 0.00562. The summed E-state index contributed by atoms with van der Waals surface area (Å²) in [5.41, 5.74) is 0. The Kier molecular flexibility index (Phi) is 6.12. The fraction of sp³-hybridized carbons (Fsp3) is 0.538. The summed E-state index contributed by atoms with van der Waals surface area (Å²) in [7, 11) is -3.27. The largest absolute Gasteiger partial charge is 0.313 e. The van der Waals surface area contributed by atoms with Gasteiger partial charge in [-0.05, 0) is 37.6 Å². The molecule has 0 saturated carbocycles. The topological polar surface area (TPSA) is 46.2 Å². The van der Waals surface area contributed by atoms with E-state index < -0.39 is 9.84 Å². The second-order valence-electron chi connectivity index (χ2n) is 4.30. The Morgan fingerprint density at radius 3 is 2.61 bits per heavy atom. The Labute approximate surface area is 114 Å². The van der Waals surface area contributed by atoms with Crippen molar-refractivity contribution in [2.24, 2.45) is 0 Å². The van der Waals surface area contributed by atoms with Crippen molar-refractivity contribution in [1.82, 2.24) is 5.32 Å². The van der Waals surface area contributed by atoms with Gasteiger partial charge in [-0.3, -0.25) is 0 Å². The Morgan fingerprint density at radius 1 is 1.33 bits per heavy atom. The zero-order valence-electron chi connectivity index (χ0n) is 10.8. The first kappa shape index (κ1) is 15.5. The molecule has 0 fully saturated rings. The first-order chi connectivity index (χ1) is 8.49. The SMILES string of the molecule is CCCNC(CC)CS(=O)(=O)c1cccc(Cl)c1. The van der Waals surface area contributed by atoms with Crippen molar-refractivity contribution in [3.63, 3.8) is 0 Å². The van der Waals surface area contributed by atoms with Crippen LogP contribution < -0.4 is 5.32 Å². The van der Waals surface area contributed by atoms with E-state index in [1.165, 1.54) is 6.07 Å². The predicted octanol–water partition coefficient (Wildman–Crippen LogP) is 2.89. The van der Waals surface area contributed by atoms with E-state index in [2.05, 4.69) is 12.2 Å². The van der Waals surface area contributed by atoms with Crippen LogP contribution in [0.5, 0.6) is 0 Å². The van der Waals surface area contributed by atoms with Crippen molar-refractivity contribution >= 4 is 21.4 Å². The van der Waals surface area contributed by atoms with Gasteiger partial charge in [-0.1, -0.05) is 31.5 Å². The first-order valence-corrected chi connectivity index (χ1v) is 8.24. The lowest BCUT2D eigenvalue weighted by molar-refractivity contribution is 0.519. The monoisotopic (exact) mass is 289 g/mol. The van der Waals surface area contributed by atoms with Crippen LogP contribution in [-0.4, -0.2) is 26.8 Å². The molecule has 0 aromatic heterocycles. The summed E-state index contributed by atoms with van der Waals surface area (Å²) >= 11 is 5.82. The molecule has 0 aliphatic carbocycles. The summed E-state index contributed by atoms with van der Waals surface area (Å²) in [6, 6.07) is 6.42. The third-order valence-electron chi connectivity index (χ3n) is 2.75. The van der Waals surface area contributed by atoms with E-state index in [0.717, 1.165) is 19.4 Å². The molecule has 0 saturated heterocycles. The van der Waals surface area contributed by atoms with E-state index in [4.69, 9.17) is 11.6 Å². The van der Waals surface area contributed by atoms with Crippen LogP contribution in [0.25, 0.3) is 0 Å². The fourth-order valence-electron chi connectivity index (χ4n) is 1.69. The van der Waals surface area contributed by atoms with E-state index >= 15 is 0 Å². The third kappa shape index (κ3) is 4.59. The van der Waals surface area contributed by atoms with Gasteiger partial charge < -0.3 is 5.32 Å². The van der Waals surface area contributed by atoms with Crippen molar-refractivity contribution in [3.8, 4) is 0 Å². The number of nitrogens with one attached hydrogen (secondary N) is 1. The number of halogens is 1. The van der Waals surface area contributed by atoms with Gasteiger partial charge in [-0.15, -0.1) is 0 Å². The molecular formula is C13H20ClNO2S. The number of sulfone groups is 1. The molecule has 1 unspecified atom stereocenters. The van der Waals surface area contributed by atoms with Gasteiger partial charge in [0.15, 0.2) is 9.84 Å². The molecule has 18 heavy (non-hydrogen) atoms. The minimum atomic E-state index is -3.27. The van der Waals surface area contributed by atoms with Crippen LogP contribution in [0.3, 0.4) is 0 Å². The van der Waals surface area contributed by atoms with Gasteiger partial charge in [-0.2, -0.15) is 0 Å². The Morgan fingerprint density at radius 2 is 2.06 bits per heavy atom. The van der Waals surface area contributed by atoms with Crippen LogP contribution in [0.15, 0.2) is 29.2 Å². The van der Waals surface area contributed by atoms with Crippen LogP contribution in [-0.2, 0) is 9.84 Å². The van der Waals surface area contributed by atoms with Crippen LogP contribution in [0.4, 0.5) is 0 Å². The van der Waals surface area contributed by atoms with Gasteiger partial charge in [0.1, 0.15) is 0 Å². The van der Waals surface area contributed by atoms with E-state index in [1.54, 1.807) is 18.2 Å². The number of hydrogen-bond acceptors (Lipinski definition) is 3. The van der Waals surface area contributed by atoms with Crippen LogP contribution in [0.2, 0.25) is 5.02 Å². The molecule has 1 atom stereocenters. The summed E-state index contributed by atoms with van der Waals surface area (Å²) in [6.07, 6.45) is 1.79. The van der Waals surface area contributed by atoms with Gasteiger partial charge in [0.05, 0.1) is 10.6 Å². The molecule has 0 aliphatic rings. The fourth-order valence-corrected chi connectivity index (χ4v) is 3.61. The molecule has 3 nitrogen and oxygen atoms in total. The van der Waals surface area contributed by atoms with Crippen molar-refractivity contribution < 1.29 is 8.42 Å². The average Bonchev–Trinajstić information content (AvgIpc) is 2.34. The van der Waals surface area contributed by atoms with Crippen molar-refractivity contribution in [1.29, 1.82) is 0 Å². The van der Waals surface area contributed by atoms with Gasteiger partial charge in [0, 0.05) is 11.1 Å². The lowest BCUT2D eigenvalue weighted by Gasteiger charge is -2.16. The van der Waals surface area contributed by atoms with Gasteiger partial charge >= 0.3 is 0 Å². The lowest BCUT2D eigenvalue weighted by Crippen LogP contribution is -2.35. The molecule has 1 rings (SSSR count). The number of benzene rings is 1. The number of rotatable bonds is 7. The summed E-state index contributed by atoms with van der Waals surface area (Å²) in [6.45, 7) is 4.88. The predicted molar refractivity (Wildman–Crippen MR) is 75.9 cm³/mol. The Balaban J connectivity index is 2.80. The molecule has 1 aromatic carbocycles. The third-order valence-corrected chi connectivity index (χ3v) is 4.80. The van der Waals surface area contributed by atoms with Crippen molar-refractivity contribution in [2.45, 2.75) is 37.6 Å². The molecule has 0 amide bonds. The molecule has 0 aliphatic heterocycles. The van der Waals surface area contributed by atoms with E-state index in [9.17, 15) is 8.42 Å². The Bertz CT molecular complexity index is 474. The molecule has 5 heteroatoms. The highest BCUT2D eigenvalue weighted by Crippen LogP contribution is 2.17. The normalized spacial score (nSPS) is 13.5. The second-order valence-corrected chi connectivity index (χ2v) is 6.77. The highest BCUT2D eigenvalue weighted by Gasteiger charge is 2.19.